The molecule has 0 aromatic heterocycles. The van der Waals surface area contributed by atoms with Crippen LogP contribution in [0.3, 0.4) is 0 Å². The maximum absolute atomic E-state index is 12.2. The molecular formula is C20H26O6S2. The molecule has 0 spiro atoms. The highest BCUT2D eigenvalue weighted by Crippen LogP contribution is 2.39. The molecule has 0 amide bonds. The quantitative estimate of drug-likeness (QED) is 0.458. The topological polar surface area (TPSA) is 109 Å². The maximum Gasteiger partial charge on any atom is 0.295 e. The highest BCUT2D eigenvalue weighted by Gasteiger charge is 2.28. The zero-order valence-electron chi connectivity index (χ0n) is 16.2. The molecule has 2 N–H and O–H groups in total. The van der Waals surface area contributed by atoms with Crippen LogP contribution in [-0.2, 0) is 20.2 Å². The molecule has 0 aliphatic carbocycles. The monoisotopic (exact) mass is 426 g/mol. The lowest BCUT2D eigenvalue weighted by Crippen LogP contribution is -2.11. The first-order valence-corrected chi connectivity index (χ1v) is 12.0. The van der Waals surface area contributed by atoms with E-state index in [1.807, 2.05) is 13.8 Å². The van der Waals surface area contributed by atoms with Crippen molar-refractivity contribution in [3.05, 3.63) is 48.0 Å². The van der Waals surface area contributed by atoms with Crippen molar-refractivity contribution in [3.8, 4) is 0 Å². The summed E-state index contributed by atoms with van der Waals surface area (Å²) in [7, 11) is -9.26. The lowest BCUT2D eigenvalue weighted by atomic mass is 9.90. The van der Waals surface area contributed by atoms with Crippen LogP contribution in [-0.4, -0.2) is 25.9 Å². The Bertz CT molecular complexity index is 1100. The van der Waals surface area contributed by atoms with Gasteiger partial charge in [0, 0.05) is 10.8 Å². The molecule has 154 valence electrons. The zero-order chi connectivity index (χ0) is 21.3. The van der Waals surface area contributed by atoms with Gasteiger partial charge in [0.25, 0.3) is 20.2 Å². The van der Waals surface area contributed by atoms with Crippen LogP contribution in [0.2, 0.25) is 0 Å². The Morgan fingerprint density at radius 1 is 0.893 bits per heavy atom. The third-order valence-corrected chi connectivity index (χ3v) is 7.10. The summed E-state index contributed by atoms with van der Waals surface area (Å²) in [5.74, 6) is -0.374. The van der Waals surface area contributed by atoms with Crippen LogP contribution in [0.4, 0.5) is 0 Å². The summed E-state index contributed by atoms with van der Waals surface area (Å²) in [5, 5.41) is 0.146. The summed E-state index contributed by atoms with van der Waals surface area (Å²) in [6, 6.07) is 6.02. The highest BCUT2D eigenvalue weighted by atomic mass is 32.2. The summed E-state index contributed by atoms with van der Waals surface area (Å²) >= 11 is 0. The van der Waals surface area contributed by atoms with Crippen molar-refractivity contribution in [2.75, 3.05) is 0 Å². The summed E-state index contributed by atoms with van der Waals surface area (Å²) in [6.07, 6.45) is 3.43. The predicted molar refractivity (Wildman–Crippen MR) is 110 cm³/mol. The molecule has 0 saturated carbocycles. The van der Waals surface area contributed by atoms with Crippen molar-refractivity contribution < 1.29 is 25.9 Å². The fourth-order valence-corrected chi connectivity index (χ4v) is 5.79. The van der Waals surface area contributed by atoms with Crippen molar-refractivity contribution in [2.45, 2.75) is 61.7 Å². The molecule has 8 heteroatoms. The van der Waals surface area contributed by atoms with Gasteiger partial charge < -0.3 is 0 Å². The van der Waals surface area contributed by atoms with Gasteiger partial charge in [-0.05, 0) is 42.2 Å². The summed E-state index contributed by atoms with van der Waals surface area (Å²) in [6.45, 7) is 9.27. The fraction of sp³-hybridized carbons (Fsp3) is 0.400. The number of benzene rings is 2. The third kappa shape index (κ3) is 4.30. The predicted octanol–water partition coefficient (Wildman–Crippen LogP) is 4.92. The van der Waals surface area contributed by atoms with Crippen molar-refractivity contribution in [3.63, 3.8) is 0 Å². The molecule has 1 atom stereocenters. The van der Waals surface area contributed by atoms with Crippen LogP contribution in [0.1, 0.15) is 63.0 Å². The minimum atomic E-state index is -4.64. The SMILES string of the molecule is C=CCC(C)c1ccc2c(S(=O)(=O)O)c(C(CC)CC)ccc2c1S(=O)(=O)O. The Balaban J connectivity index is 3.05. The van der Waals surface area contributed by atoms with E-state index < -0.39 is 20.2 Å². The Labute approximate surface area is 166 Å². The summed E-state index contributed by atoms with van der Waals surface area (Å²) < 4.78 is 68.6. The molecule has 6 nitrogen and oxygen atoms in total. The van der Waals surface area contributed by atoms with Gasteiger partial charge in [0.15, 0.2) is 0 Å². The van der Waals surface area contributed by atoms with Crippen LogP contribution < -0.4 is 0 Å². The second-order valence-corrected chi connectivity index (χ2v) is 9.67. The minimum absolute atomic E-state index is 0.0678. The van der Waals surface area contributed by atoms with Crippen LogP contribution in [0, 0.1) is 0 Å². The molecule has 2 rings (SSSR count). The molecule has 0 saturated heterocycles. The van der Waals surface area contributed by atoms with E-state index in [1.54, 1.807) is 13.0 Å². The molecule has 0 aliphatic rings. The Kier molecular flexibility index (Phi) is 6.70. The van der Waals surface area contributed by atoms with Crippen LogP contribution in [0.25, 0.3) is 10.8 Å². The van der Waals surface area contributed by atoms with Gasteiger partial charge in [-0.3, -0.25) is 9.11 Å². The van der Waals surface area contributed by atoms with Crippen LogP contribution in [0.15, 0.2) is 46.7 Å². The van der Waals surface area contributed by atoms with E-state index in [9.17, 15) is 25.9 Å². The number of fused-ring (bicyclic) bond motifs is 1. The number of hydrogen-bond donors (Lipinski definition) is 2. The van der Waals surface area contributed by atoms with E-state index in [-0.39, 0.29) is 32.4 Å². The molecule has 0 bridgehead atoms. The largest absolute Gasteiger partial charge is 0.295 e. The fourth-order valence-electron chi connectivity index (χ4n) is 3.77. The second-order valence-electron chi connectivity index (χ2n) is 6.95. The number of allylic oxidation sites excluding steroid dienone is 1. The smallest absolute Gasteiger partial charge is 0.282 e. The minimum Gasteiger partial charge on any atom is -0.282 e. The first-order valence-electron chi connectivity index (χ1n) is 9.12. The van der Waals surface area contributed by atoms with E-state index in [4.69, 9.17) is 0 Å². The van der Waals surface area contributed by atoms with Gasteiger partial charge in [-0.25, -0.2) is 0 Å². The molecule has 0 heterocycles. The molecule has 0 aliphatic heterocycles. The van der Waals surface area contributed by atoms with Gasteiger partial charge >= 0.3 is 0 Å². The lowest BCUT2D eigenvalue weighted by molar-refractivity contribution is 0.478. The van der Waals surface area contributed by atoms with Crippen molar-refractivity contribution >= 4 is 31.0 Å². The molecule has 1 unspecified atom stereocenters. The molecule has 28 heavy (non-hydrogen) atoms. The van der Waals surface area contributed by atoms with E-state index >= 15 is 0 Å². The molecule has 0 fully saturated rings. The highest BCUT2D eigenvalue weighted by molar-refractivity contribution is 7.86. The van der Waals surface area contributed by atoms with Gasteiger partial charge in [-0.15, -0.1) is 6.58 Å². The first-order chi connectivity index (χ1) is 13.0. The molecule has 2 aromatic rings. The normalized spacial score (nSPS) is 13.8. The Morgan fingerprint density at radius 3 is 1.71 bits per heavy atom. The standard InChI is InChI=1S/C20H26O6S2/c1-5-8-13(4)15-9-11-18-17(19(15)27(21,22)23)12-10-16(14(6-2)7-3)20(18)28(24,25)26/h5,9-14H,1,6-8H2,2-4H3,(H,21,22,23)(H,24,25,26). The van der Waals surface area contributed by atoms with Crippen molar-refractivity contribution in [2.24, 2.45) is 0 Å². The van der Waals surface area contributed by atoms with Gasteiger partial charge in [0.05, 0.1) is 0 Å². The van der Waals surface area contributed by atoms with Gasteiger partial charge in [0.1, 0.15) is 9.79 Å². The van der Waals surface area contributed by atoms with Crippen molar-refractivity contribution in [1.29, 1.82) is 0 Å². The average Bonchev–Trinajstić information content (AvgIpc) is 2.59. The van der Waals surface area contributed by atoms with E-state index in [2.05, 4.69) is 6.58 Å². The maximum atomic E-state index is 12.2. The van der Waals surface area contributed by atoms with Gasteiger partial charge in [0.2, 0.25) is 0 Å². The first kappa shape index (κ1) is 22.5. The van der Waals surface area contributed by atoms with E-state index in [1.165, 1.54) is 24.3 Å². The average molecular weight is 427 g/mol. The van der Waals surface area contributed by atoms with Gasteiger partial charge in [-0.2, -0.15) is 16.8 Å². The summed E-state index contributed by atoms with van der Waals surface area (Å²) in [4.78, 5) is -0.633. The van der Waals surface area contributed by atoms with Crippen LogP contribution in [0.5, 0.6) is 0 Å². The Hall–Kier alpha value is -1.74. The molecule has 0 radical (unpaired) electrons. The molecule has 2 aromatic carbocycles. The van der Waals surface area contributed by atoms with Crippen LogP contribution >= 0.6 is 0 Å². The van der Waals surface area contributed by atoms with Crippen molar-refractivity contribution in [1.82, 2.24) is 0 Å². The zero-order valence-corrected chi connectivity index (χ0v) is 17.8. The van der Waals surface area contributed by atoms with Gasteiger partial charge in [-0.1, -0.05) is 51.1 Å². The molecular weight excluding hydrogens is 400 g/mol. The van der Waals surface area contributed by atoms with E-state index in [0.29, 0.717) is 30.4 Å². The lowest BCUT2D eigenvalue weighted by Gasteiger charge is -2.21. The third-order valence-electron chi connectivity index (χ3n) is 5.16. The number of rotatable bonds is 8. The summed E-state index contributed by atoms with van der Waals surface area (Å²) in [5.41, 5.74) is 0.805. The van der Waals surface area contributed by atoms with E-state index in [0.717, 1.165) is 0 Å². The number of hydrogen-bond acceptors (Lipinski definition) is 4. The second kappa shape index (κ2) is 8.32. The Morgan fingerprint density at radius 2 is 1.32 bits per heavy atom.